The number of hydrogen-bond acceptors (Lipinski definition) is 0. The Labute approximate surface area is 390 Å². The van der Waals surface area contributed by atoms with E-state index >= 15 is 0 Å². The van der Waals surface area contributed by atoms with Gasteiger partial charge in [0.15, 0.2) is 0 Å². The average molecular weight is 851 g/mol. The van der Waals surface area contributed by atoms with Gasteiger partial charge in [0.25, 0.3) is 0 Å². The Hall–Kier alpha value is -4.16. The van der Waals surface area contributed by atoms with Crippen molar-refractivity contribution in [2.75, 3.05) is 0 Å². The number of benzene rings is 1. The Morgan fingerprint density at radius 1 is 0.891 bits per heavy atom. The third kappa shape index (κ3) is 11.1. The molecule has 1 fully saturated rings. The molecule has 0 heterocycles. The Bertz CT molecular complexity index is 2360. The van der Waals surface area contributed by atoms with Crippen molar-refractivity contribution >= 4 is 17.7 Å². The van der Waals surface area contributed by atoms with Crippen LogP contribution in [0.2, 0.25) is 0 Å². The fraction of sp³-hybridized carbons (Fsp3) is 0.500. The summed E-state index contributed by atoms with van der Waals surface area (Å²) in [7, 11) is 0. The molecule has 7 aliphatic rings. The lowest BCUT2D eigenvalue weighted by atomic mass is 9.77. The summed E-state index contributed by atoms with van der Waals surface area (Å²) in [5.41, 5.74) is 19.2. The van der Waals surface area contributed by atoms with Gasteiger partial charge in [-0.15, -0.1) is 0 Å². The van der Waals surface area contributed by atoms with Crippen molar-refractivity contribution in [1.82, 2.24) is 0 Å². The molecule has 0 aliphatic heterocycles. The zero-order chi connectivity index (χ0) is 44.4. The molecule has 338 valence electrons. The summed E-state index contributed by atoms with van der Waals surface area (Å²) < 4.78 is 0. The molecular formula is C64H82. The van der Waals surface area contributed by atoms with Gasteiger partial charge in [-0.25, -0.2) is 0 Å². The molecule has 7 aliphatic carbocycles. The molecule has 0 aromatic heterocycles. The number of hydrogen-bond donors (Lipinski definition) is 0. The van der Waals surface area contributed by atoms with E-state index in [1.54, 1.807) is 55.0 Å². The minimum Gasteiger partial charge on any atom is -0.0996 e. The van der Waals surface area contributed by atoms with Crippen molar-refractivity contribution in [2.45, 2.75) is 169 Å². The van der Waals surface area contributed by atoms with E-state index in [-0.39, 0.29) is 0 Å². The molecule has 0 spiro atoms. The van der Waals surface area contributed by atoms with Crippen molar-refractivity contribution in [3.8, 4) is 0 Å². The smallest absolute Gasteiger partial charge is 0.00528 e. The standard InChI is InChI=1S/C64H82/c1-7-9-10-11-14-24-45(3)41-54(37-35-47(5)52-31-22-32-53(44-52)50-27-16-13-17-28-50)51-30-21-26-49(36-38-51)43-61(55-29-18-12-15-25-46(4)42-55)63-60-40-39-59-58-34-20-19-33-56(58)48(6)57(23-8-2)62(59)64(60)63/h7,9,13-14,16,19,24-27,32-33,36,38-39,41-42,51-52,54,60-61,63H,5,8,10-12,15,17-18,20-23,28-31,34-35,37,40,43-44H2,1-4,6H3. The van der Waals surface area contributed by atoms with Gasteiger partial charge in [0, 0.05) is 0 Å². The van der Waals surface area contributed by atoms with Crippen LogP contribution in [0.1, 0.15) is 172 Å². The quantitative estimate of drug-likeness (QED) is 0.0832. The van der Waals surface area contributed by atoms with E-state index in [1.807, 2.05) is 5.57 Å². The molecule has 0 nitrogen and oxygen atoms in total. The van der Waals surface area contributed by atoms with Gasteiger partial charge in [-0.2, -0.15) is 0 Å². The average Bonchev–Trinajstić information content (AvgIpc) is 4.09. The predicted octanol–water partition coefficient (Wildman–Crippen LogP) is 16.6. The van der Waals surface area contributed by atoms with E-state index in [2.05, 4.69) is 138 Å². The van der Waals surface area contributed by atoms with E-state index in [1.165, 1.54) is 132 Å². The maximum Gasteiger partial charge on any atom is -0.00528 e. The van der Waals surface area contributed by atoms with Gasteiger partial charge in [0.2, 0.25) is 0 Å². The van der Waals surface area contributed by atoms with Crippen LogP contribution in [0.4, 0.5) is 0 Å². The van der Waals surface area contributed by atoms with Gasteiger partial charge in [-0.1, -0.05) is 157 Å². The zero-order valence-electron chi connectivity index (χ0n) is 40.8. The lowest BCUT2D eigenvalue weighted by molar-refractivity contribution is 0.410. The van der Waals surface area contributed by atoms with Gasteiger partial charge < -0.3 is 0 Å². The molecule has 8 rings (SSSR count). The first-order valence-corrected chi connectivity index (χ1v) is 26.3. The first-order valence-electron chi connectivity index (χ1n) is 26.3. The fourth-order valence-corrected chi connectivity index (χ4v) is 12.8. The fourth-order valence-electron chi connectivity index (χ4n) is 12.8. The molecule has 1 aromatic carbocycles. The highest BCUT2D eigenvalue weighted by molar-refractivity contribution is 5.76. The molecule has 0 amide bonds. The maximum atomic E-state index is 4.82. The molecule has 6 atom stereocenters. The molecule has 0 radical (unpaired) electrons. The molecule has 0 bridgehead atoms. The molecule has 6 unspecified atom stereocenters. The monoisotopic (exact) mass is 851 g/mol. The van der Waals surface area contributed by atoms with Gasteiger partial charge in [-0.3, -0.25) is 0 Å². The summed E-state index contributed by atoms with van der Waals surface area (Å²) in [6, 6.07) is 0. The van der Waals surface area contributed by atoms with Gasteiger partial charge >= 0.3 is 0 Å². The number of allylic oxidation sites excluding steroid dienone is 22. The van der Waals surface area contributed by atoms with Crippen LogP contribution < -0.4 is 10.4 Å². The molecule has 0 N–H and O–H groups in total. The van der Waals surface area contributed by atoms with Crippen molar-refractivity contribution in [3.63, 3.8) is 0 Å². The summed E-state index contributed by atoms with van der Waals surface area (Å²) in [5, 5.41) is 3.33. The van der Waals surface area contributed by atoms with Crippen molar-refractivity contribution in [2.24, 2.45) is 35.5 Å². The van der Waals surface area contributed by atoms with Crippen molar-refractivity contribution in [3.05, 3.63) is 169 Å². The first kappa shape index (κ1) is 46.4. The minimum atomic E-state index is 0.512. The zero-order valence-corrected chi connectivity index (χ0v) is 40.8. The topological polar surface area (TPSA) is 0 Å². The van der Waals surface area contributed by atoms with E-state index in [4.69, 9.17) is 6.58 Å². The maximum absolute atomic E-state index is 4.82. The number of unbranched alkanes of at least 4 members (excludes halogenated alkanes) is 1. The largest absolute Gasteiger partial charge is 0.0996 e. The van der Waals surface area contributed by atoms with Crippen LogP contribution in [0.15, 0.2) is 137 Å². The molecule has 64 heavy (non-hydrogen) atoms. The lowest BCUT2D eigenvalue weighted by Gasteiger charge is -2.28. The first-order chi connectivity index (χ1) is 31.3. The summed E-state index contributed by atoms with van der Waals surface area (Å²) in [6.45, 7) is 16.5. The normalized spacial score (nSPS) is 25.4. The second-order valence-corrected chi connectivity index (χ2v) is 20.8. The molecule has 1 aromatic rings. The number of rotatable bonds is 17. The molecule has 1 saturated carbocycles. The van der Waals surface area contributed by atoms with E-state index in [0.717, 1.165) is 19.3 Å². The second-order valence-electron chi connectivity index (χ2n) is 20.8. The molecule has 0 saturated heterocycles. The van der Waals surface area contributed by atoms with Crippen LogP contribution in [-0.2, 0) is 12.8 Å². The predicted molar refractivity (Wildman–Crippen MR) is 280 cm³/mol. The van der Waals surface area contributed by atoms with Crippen molar-refractivity contribution in [1.29, 1.82) is 0 Å². The highest BCUT2D eigenvalue weighted by Gasteiger charge is 2.50. The van der Waals surface area contributed by atoms with Crippen molar-refractivity contribution < 1.29 is 0 Å². The van der Waals surface area contributed by atoms with E-state index in [9.17, 15) is 0 Å². The highest BCUT2D eigenvalue weighted by Crippen LogP contribution is 2.58. The Balaban J connectivity index is 1.06. The summed E-state index contributed by atoms with van der Waals surface area (Å²) in [5.74, 6) is 3.59. The third-order valence-corrected chi connectivity index (χ3v) is 16.3. The summed E-state index contributed by atoms with van der Waals surface area (Å²) >= 11 is 0. The van der Waals surface area contributed by atoms with Crippen LogP contribution in [0.5, 0.6) is 0 Å². The Morgan fingerprint density at radius 2 is 1.75 bits per heavy atom. The summed E-state index contributed by atoms with van der Waals surface area (Å²) in [4.78, 5) is 0. The van der Waals surface area contributed by atoms with Gasteiger partial charge in [0.1, 0.15) is 0 Å². The van der Waals surface area contributed by atoms with Gasteiger partial charge in [-0.05, 0) is 235 Å². The Kier molecular flexibility index (Phi) is 16.2. The van der Waals surface area contributed by atoms with Crippen LogP contribution in [-0.4, -0.2) is 0 Å². The minimum absolute atomic E-state index is 0.512. The highest BCUT2D eigenvalue weighted by atomic mass is 14.5. The van der Waals surface area contributed by atoms with Crippen LogP contribution in [0.3, 0.4) is 0 Å². The van der Waals surface area contributed by atoms with E-state index < -0.39 is 0 Å². The summed E-state index contributed by atoms with van der Waals surface area (Å²) in [6.07, 6.45) is 67.3. The van der Waals surface area contributed by atoms with E-state index in [0.29, 0.717) is 35.5 Å². The van der Waals surface area contributed by atoms with Gasteiger partial charge in [0.05, 0.1) is 0 Å². The third-order valence-electron chi connectivity index (χ3n) is 16.3. The van der Waals surface area contributed by atoms with Crippen LogP contribution in [0, 0.1) is 42.4 Å². The molecule has 0 heteroatoms. The SMILES string of the molecule is C=C(CCC(C=C(C)C=CCCC=CC)C1C=CC(CC(C2=CC(C)=CCCCC2)C2C3=c4c(CCC)c(C)c5c(c4=CCC32)CCC=C5)=CCC1)C1CCC=C(C2=CC=CCC2)C1. The van der Waals surface area contributed by atoms with Crippen LogP contribution in [0.25, 0.3) is 17.7 Å². The van der Waals surface area contributed by atoms with Crippen LogP contribution >= 0.6 is 0 Å². The second kappa shape index (κ2) is 22.4. The lowest BCUT2D eigenvalue weighted by Crippen LogP contribution is -2.37. The molecular weight excluding hydrogens is 769 g/mol. The Morgan fingerprint density at radius 3 is 2.59 bits per heavy atom. The number of fused-ring (bicyclic) bond motifs is 4.